The number of allylic oxidation sites excluding steroid dienone is 2. The summed E-state index contributed by atoms with van der Waals surface area (Å²) in [6.45, 7) is 12.5. The van der Waals surface area contributed by atoms with Crippen LogP contribution in [0.4, 0.5) is 5.69 Å². The van der Waals surface area contributed by atoms with Gasteiger partial charge in [0.05, 0.1) is 22.9 Å². The van der Waals surface area contributed by atoms with Crippen molar-refractivity contribution in [3.05, 3.63) is 58.6 Å². The Kier molecular flexibility index (Phi) is 5.42. The van der Waals surface area contributed by atoms with Crippen LogP contribution >= 0.6 is 0 Å². The molecule has 0 saturated carbocycles. The molecule has 1 aromatic carbocycles. The maximum atomic E-state index is 4.62. The molecule has 3 aromatic heterocycles. The standard InChI is InChI=1S/C26H31N7/c1-6-19(25-16-27-18(3)32(25)5)14-20-17(2)29-30-26(20)23-15-21-22(28-23)8-7-9-24(21)33-12-10-31(4)11-13-33/h6-9,14-16,28-29H,2,10-13H2,1,3-5H3/b19-6+,20-14+. The molecule has 1 saturated heterocycles. The van der Waals surface area contributed by atoms with E-state index in [-0.39, 0.29) is 0 Å². The minimum Gasteiger partial charge on any atom is -0.368 e. The molecule has 0 spiro atoms. The van der Waals surface area contributed by atoms with E-state index in [0.717, 1.165) is 70.7 Å². The van der Waals surface area contributed by atoms with Crippen molar-refractivity contribution in [3.63, 3.8) is 0 Å². The molecule has 7 nitrogen and oxygen atoms in total. The molecule has 0 unspecified atom stereocenters. The summed E-state index contributed by atoms with van der Waals surface area (Å²) in [7, 11) is 4.22. The van der Waals surface area contributed by atoms with E-state index >= 15 is 0 Å². The van der Waals surface area contributed by atoms with Gasteiger partial charge in [-0.15, -0.1) is 0 Å². The molecule has 1 aliphatic rings. The molecule has 0 radical (unpaired) electrons. The highest BCUT2D eigenvalue weighted by molar-refractivity contribution is 5.96. The molecular formula is C26H31N7. The zero-order valence-electron chi connectivity index (χ0n) is 19.8. The van der Waals surface area contributed by atoms with Gasteiger partial charge in [0.15, 0.2) is 0 Å². The molecular weight excluding hydrogens is 410 g/mol. The van der Waals surface area contributed by atoms with Crippen molar-refractivity contribution >= 4 is 34.8 Å². The van der Waals surface area contributed by atoms with Crippen molar-refractivity contribution in [2.45, 2.75) is 13.8 Å². The number of piperazine rings is 1. The molecule has 33 heavy (non-hydrogen) atoms. The maximum absolute atomic E-state index is 4.62. The van der Waals surface area contributed by atoms with Gasteiger partial charge >= 0.3 is 0 Å². The van der Waals surface area contributed by atoms with E-state index in [2.05, 4.69) is 84.6 Å². The summed E-state index contributed by atoms with van der Waals surface area (Å²) >= 11 is 0. The number of aromatic amines is 2. The van der Waals surface area contributed by atoms with Crippen LogP contribution in [0.5, 0.6) is 0 Å². The highest BCUT2D eigenvalue weighted by Gasteiger charge is 2.18. The van der Waals surface area contributed by atoms with Crippen molar-refractivity contribution in [1.82, 2.24) is 29.6 Å². The van der Waals surface area contributed by atoms with Crippen LogP contribution in [0.3, 0.4) is 0 Å². The second-order valence-electron chi connectivity index (χ2n) is 8.81. The van der Waals surface area contributed by atoms with Crippen LogP contribution in [0.25, 0.3) is 40.5 Å². The van der Waals surface area contributed by atoms with Gasteiger partial charge in [0.25, 0.3) is 0 Å². The number of likely N-dealkylation sites (N-methyl/N-ethyl adjacent to an activating group) is 1. The Morgan fingerprint density at radius 3 is 2.64 bits per heavy atom. The summed E-state index contributed by atoms with van der Waals surface area (Å²) in [5.74, 6) is 0.979. The van der Waals surface area contributed by atoms with Crippen LogP contribution in [0.2, 0.25) is 0 Å². The van der Waals surface area contributed by atoms with Gasteiger partial charge < -0.3 is 19.4 Å². The number of benzene rings is 1. The first kappa shape index (κ1) is 21.3. The third-order valence-electron chi connectivity index (χ3n) is 6.75. The number of fused-ring (bicyclic) bond motifs is 1. The molecule has 4 aromatic rings. The molecule has 5 rings (SSSR count). The van der Waals surface area contributed by atoms with E-state index < -0.39 is 0 Å². The van der Waals surface area contributed by atoms with Crippen molar-refractivity contribution in [3.8, 4) is 11.4 Å². The molecule has 0 atom stereocenters. The summed E-state index contributed by atoms with van der Waals surface area (Å²) < 4.78 is 2.10. The predicted molar refractivity (Wildman–Crippen MR) is 136 cm³/mol. The van der Waals surface area contributed by atoms with Gasteiger partial charge in [-0.3, -0.25) is 5.10 Å². The number of hydrogen-bond acceptors (Lipinski definition) is 4. The molecule has 7 heteroatoms. The second kappa shape index (κ2) is 8.41. The largest absolute Gasteiger partial charge is 0.368 e. The minimum atomic E-state index is 0.793. The second-order valence-corrected chi connectivity index (χ2v) is 8.81. The van der Waals surface area contributed by atoms with Crippen LogP contribution in [0.15, 0.2) is 36.5 Å². The lowest BCUT2D eigenvalue weighted by atomic mass is 10.1. The predicted octanol–water partition coefficient (Wildman–Crippen LogP) is 2.65. The third kappa shape index (κ3) is 3.78. The molecule has 1 aliphatic heterocycles. The van der Waals surface area contributed by atoms with E-state index in [9.17, 15) is 0 Å². The van der Waals surface area contributed by atoms with E-state index in [0.29, 0.717) is 0 Å². The van der Waals surface area contributed by atoms with Gasteiger partial charge in [-0.2, -0.15) is 5.10 Å². The average Bonchev–Trinajstić information content (AvgIpc) is 3.50. The maximum Gasteiger partial charge on any atom is 0.116 e. The van der Waals surface area contributed by atoms with Crippen molar-refractivity contribution in [1.29, 1.82) is 0 Å². The minimum absolute atomic E-state index is 0.793. The Bertz CT molecular complexity index is 1440. The summed E-state index contributed by atoms with van der Waals surface area (Å²) in [5, 5.41) is 10.7. The molecule has 1 fully saturated rings. The fraction of sp³-hybridized carbons (Fsp3) is 0.308. The highest BCUT2D eigenvalue weighted by atomic mass is 15.2. The molecule has 0 aliphatic carbocycles. The van der Waals surface area contributed by atoms with E-state index in [1.54, 1.807) is 0 Å². The normalized spacial score (nSPS) is 16.3. The first-order chi connectivity index (χ1) is 16.0. The molecule has 0 amide bonds. The van der Waals surface area contributed by atoms with E-state index in [4.69, 9.17) is 0 Å². The zero-order chi connectivity index (χ0) is 23.1. The molecule has 0 bridgehead atoms. The molecule has 2 N–H and O–H groups in total. The van der Waals surface area contributed by atoms with Gasteiger partial charge in [0, 0.05) is 55.0 Å². The number of hydrogen-bond donors (Lipinski definition) is 2. The van der Waals surface area contributed by atoms with Gasteiger partial charge in [-0.25, -0.2) is 4.98 Å². The lowest BCUT2D eigenvalue weighted by Gasteiger charge is -2.34. The number of H-pyrrole nitrogens is 2. The third-order valence-corrected chi connectivity index (χ3v) is 6.75. The van der Waals surface area contributed by atoms with Gasteiger partial charge in [0.1, 0.15) is 11.5 Å². The quantitative estimate of drug-likeness (QED) is 0.511. The number of imidazole rings is 1. The highest BCUT2D eigenvalue weighted by Crippen LogP contribution is 2.30. The smallest absolute Gasteiger partial charge is 0.116 e. The molecule has 4 heterocycles. The topological polar surface area (TPSA) is 68.8 Å². The fourth-order valence-electron chi connectivity index (χ4n) is 4.57. The fourth-order valence-corrected chi connectivity index (χ4v) is 4.57. The summed E-state index contributed by atoms with van der Waals surface area (Å²) in [5.41, 5.74) is 6.41. The average molecular weight is 442 g/mol. The number of nitrogens with zero attached hydrogens (tertiary/aromatic N) is 5. The van der Waals surface area contributed by atoms with E-state index in [1.807, 2.05) is 27.1 Å². The summed E-state index contributed by atoms with van der Waals surface area (Å²) in [6.07, 6.45) is 6.16. The van der Waals surface area contributed by atoms with Crippen molar-refractivity contribution in [2.24, 2.45) is 7.05 Å². The molecule has 170 valence electrons. The Hall–Kier alpha value is -3.58. The van der Waals surface area contributed by atoms with Gasteiger partial charge in [-0.05, 0) is 50.7 Å². The monoisotopic (exact) mass is 441 g/mol. The van der Waals surface area contributed by atoms with Crippen molar-refractivity contribution in [2.75, 3.05) is 38.1 Å². The van der Waals surface area contributed by atoms with Crippen LogP contribution in [0, 0.1) is 6.92 Å². The number of aryl methyl sites for hydroxylation is 1. The van der Waals surface area contributed by atoms with Crippen LogP contribution in [-0.4, -0.2) is 62.9 Å². The van der Waals surface area contributed by atoms with Crippen LogP contribution < -0.4 is 15.5 Å². The van der Waals surface area contributed by atoms with E-state index in [1.165, 1.54) is 11.1 Å². The number of anilines is 1. The summed E-state index contributed by atoms with van der Waals surface area (Å²) in [4.78, 5) is 12.9. The Labute approximate surface area is 193 Å². The van der Waals surface area contributed by atoms with Gasteiger partial charge in [-0.1, -0.05) is 18.7 Å². The van der Waals surface area contributed by atoms with Crippen LogP contribution in [0.1, 0.15) is 18.4 Å². The summed E-state index contributed by atoms with van der Waals surface area (Å²) in [6, 6.07) is 8.70. The number of aromatic nitrogens is 5. The number of rotatable bonds is 4. The lowest BCUT2D eigenvalue weighted by molar-refractivity contribution is 0.313. The Morgan fingerprint density at radius 1 is 1.15 bits per heavy atom. The number of nitrogens with one attached hydrogen (secondary N) is 2. The Balaban J connectivity index is 1.60. The first-order valence-electron chi connectivity index (χ1n) is 11.4. The van der Waals surface area contributed by atoms with Crippen molar-refractivity contribution < 1.29 is 0 Å². The Morgan fingerprint density at radius 2 is 1.94 bits per heavy atom. The zero-order valence-corrected chi connectivity index (χ0v) is 19.8. The first-order valence-corrected chi connectivity index (χ1v) is 11.4. The SMILES string of the molecule is C=c1[nH]nc(-c2cc3c(N4CCN(C)CC4)cccc3[nH]2)/c1=C/C(=C\C)c1cnc(C)n1C. The van der Waals surface area contributed by atoms with Gasteiger partial charge in [0.2, 0.25) is 0 Å². The van der Waals surface area contributed by atoms with Crippen LogP contribution in [-0.2, 0) is 7.05 Å². The lowest BCUT2D eigenvalue weighted by Crippen LogP contribution is -2.44.